The highest BCUT2D eigenvalue weighted by Crippen LogP contribution is 2.29. The fraction of sp³-hybridized carbons (Fsp3) is 0.556. The Morgan fingerprint density at radius 2 is 2.00 bits per heavy atom. The quantitative estimate of drug-likeness (QED) is 0.823. The van der Waals surface area contributed by atoms with E-state index < -0.39 is 0 Å². The number of nitrogens with one attached hydrogen (secondary N) is 1. The highest BCUT2D eigenvalue weighted by molar-refractivity contribution is 7.98. The molecule has 7 heteroatoms. The zero-order valence-corrected chi connectivity index (χ0v) is 15.9. The van der Waals surface area contributed by atoms with Crippen molar-refractivity contribution in [1.82, 2.24) is 14.7 Å². The maximum Gasteiger partial charge on any atom is 0.322 e. The first-order chi connectivity index (χ1) is 12.0. The first-order valence-corrected chi connectivity index (χ1v) is 9.88. The summed E-state index contributed by atoms with van der Waals surface area (Å²) in [7, 11) is 3.55. The maximum atomic E-state index is 12.8. The van der Waals surface area contributed by atoms with Crippen molar-refractivity contribution >= 4 is 29.5 Å². The number of hydrogen-bond acceptors (Lipinski definition) is 3. The Morgan fingerprint density at radius 3 is 2.72 bits per heavy atom. The van der Waals surface area contributed by atoms with Crippen LogP contribution in [0.5, 0.6) is 0 Å². The van der Waals surface area contributed by atoms with Gasteiger partial charge >= 0.3 is 12.1 Å². The molecule has 3 fully saturated rings. The average molecular weight is 362 g/mol. The van der Waals surface area contributed by atoms with Crippen LogP contribution in [0.4, 0.5) is 15.3 Å². The third-order valence-corrected chi connectivity index (χ3v) is 5.67. The predicted molar refractivity (Wildman–Crippen MR) is 101 cm³/mol. The Morgan fingerprint density at radius 1 is 1.20 bits per heavy atom. The van der Waals surface area contributed by atoms with Gasteiger partial charge in [0.25, 0.3) is 0 Å². The van der Waals surface area contributed by atoms with Crippen LogP contribution in [0.1, 0.15) is 12.8 Å². The molecule has 3 aliphatic heterocycles. The number of carbonyl (C=O) groups excluding carboxylic acids is 2. The molecule has 0 aliphatic carbocycles. The van der Waals surface area contributed by atoms with Gasteiger partial charge in [-0.3, -0.25) is 0 Å². The number of carbonyl (C=O) groups is 2. The van der Waals surface area contributed by atoms with Crippen LogP contribution < -0.4 is 5.32 Å². The minimum absolute atomic E-state index is 0.0341. The number of thioether (sulfide) groups is 1. The van der Waals surface area contributed by atoms with Gasteiger partial charge in [0.15, 0.2) is 0 Å². The molecule has 136 valence electrons. The molecule has 1 aromatic rings. The van der Waals surface area contributed by atoms with Crippen molar-refractivity contribution in [2.75, 3.05) is 45.3 Å². The molecule has 0 saturated carbocycles. The number of nitrogens with zero attached hydrogens (tertiary/aromatic N) is 3. The Balaban J connectivity index is 1.70. The highest BCUT2D eigenvalue weighted by atomic mass is 32.2. The molecular formula is C18H26N4O2S. The van der Waals surface area contributed by atoms with E-state index in [0.29, 0.717) is 12.5 Å². The van der Waals surface area contributed by atoms with Crippen LogP contribution in [0.2, 0.25) is 0 Å². The number of piperidine rings is 1. The van der Waals surface area contributed by atoms with Gasteiger partial charge in [0.05, 0.1) is 6.04 Å². The molecule has 3 aliphatic rings. The van der Waals surface area contributed by atoms with Crippen LogP contribution in [-0.2, 0) is 0 Å². The second kappa shape index (κ2) is 7.56. The Kier molecular flexibility index (Phi) is 5.42. The molecule has 4 rings (SSSR count). The van der Waals surface area contributed by atoms with Gasteiger partial charge in [-0.15, -0.1) is 11.8 Å². The molecular weight excluding hydrogens is 336 g/mol. The van der Waals surface area contributed by atoms with Crippen LogP contribution in [0, 0.1) is 5.92 Å². The fourth-order valence-corrected chi connectivity index (χ4v) is 4.13. The van der Waals surface area contributed by atoms with Gasteiger partial charge in [-0.05, 0) is 43.2 Å². The minimum Gasteiger partial charge on any atom is -0.331 e. The molecule has 3 heterocycles. The monoisotopic (exact) mass is 362 g/mol. The van der Waals surface area contributed by atoms with E-state index in [-0.39, 0.29) is 18.1 Å². The van der Waals surface area contributed by atoms with Crippen molar-refractivity contribution in [2.24, 2.45) is 5.92 Å². The third-order valence-electron chi connectivity index (χ3n) is 4.95. The van der Waals surface area contributed by atoms with E-state index in [9.17, 15) is 9.59 Å². The molecule has 25 heavy (non-hydrogen) atoms. The maximum absolute atomic E-state index is 12.8. The number of fused-ring (bicyclic) bond motifs is 4. The molecule has 0 unspecified atom stereocenters. The molecule has 3 saturated heterocycles. The first-order valence-electron chi connectivity index (χ1n) is 8.66. The number of anilines is 1. The number of urea groups is 2. The smallest absolute Gasteiger partial charge is 0.322 e. The van der Waals surface area contributed by atoms with E-state index in [1.165, 1.54) is 0 Å². The van der Waals surface area contributed by atoms with Crippen molar-refractivity contribution < 1.29 is 9.59 Å². The highest BCUT2D eigenvalue weighted by Gasteiger charge is 2.39. The summed E-state index contributed by atoms with van der Waals surface area (Å²) in [4.78, 5) is 31.7. The van der Waals surface area contributed by atoms with Gasteiger partial charge in [0.1, 0.15) is 0 Å². The minimum atomic E-state index is -0.0629. The SMILES string of the molecule is CSc1cccc(NC(=O)N2C[C@H]3CC[C@@H]2CN(C(=O)N(C)C)C3)c1. The summed E-state index contributed by atoms with van der Waals surface area (Å²) in [6.45, 7) is 2.07. The second-order valence-corrected chi connectivity index (χ2v) is 7.87. The molecule has 6 nitrogen and oxygen atoms in total. The summed E-state index contributed by atoms with van der Waals surface area (Å²) in [6, 6.07) is 7.94. The molecule has 4 amide bonds. The van der Waals surface area contributed by atoms with Crippen molar-refractivity contribution in [1.29, 1.82) is 0 Å². The standard InChI is InChI=1S/C18H26N4O2S/c1-20(2)18(24)21-10-13-7-8-15(12-21)22(11-13)17(23)19-14-5-4-6-16(9-14)25-3/h4-6,9,13,15H,7-8,10-12H2,1-3H3,(H,19,23)/t13-,15+/m0/s1. The van der Waals surface area contributed by atoms with Crippen molar-refractivity contribution in [2.45, 2.75) is 23.8 Å². The van der Waals surface area contributed by atoms with Gasteiger partial charge in [0.2, 0.25) is 0 Å². The van der Waals surface area contributed by atoms with E-state index in [1.54, 1.807) is 30.8 Å². The molecule has 0 aromatic heterocycles. The van der Waals surface area contributed by atoms with Gasteiger partial charge < -0.3 is 20.0 Å². The van der Waals surface area contributed by atoms with Crippen molar-refractivity contribution in [3.63, 3.8) is 0 Å². The zero-order chi connectivity index (χ0) is 18.0. The number of rotatable bonds is 2. The summed E-state index contributed by atoms with van der Waals surface area (Å²) in [5.74, 6) is 0.353. The lowest BCUT2D eigenvalue weighted by molar-refractivity contribution is 0.149. The predicted octanol–water partition coefficient (Wildman–Crippen LogP) is 3.02. The lowest BCUT2D eigenvalue weighted by atomic mass is 9.95. The van der Waals surface area contributed by atoms with E-state index in [0.717, 1.165) is 36.5 Å². The largest absolute Gasteiger partial charge is 0.331 e. The van der Waals surface area contributed by atoms with Gasteiger partial charge in [-0.2, -0.15) is 0 Å². The normalized spacial score (nSPS) is 22.5. The van der Waals surface area contributed by atoms with Gasteiger partial charge in [0, 0.05) is 44.3 Å². The number of benzene rings is 1. The van der Waals surface area contributed by atoms with Gasteiger partial charge in [-0.25, -0.2) is 9.59 Å². The third kappa shape index (κ3) is 4.03. The lowest BCUT2D eigenvalue weighted by Crippen LogP contribution is -2.50. The van der Waals surface area contributed by atoms with Crippen LogP contribution in [0.25, 0.3) is 0 Å². The van der Waals surface area contributed by atoms with E-state index in [1.807, 2.05) is 40.3 Å². The molecule has 1 N–H and O–H groups in total. The summed E-state index contributed by atoms with van der Waals surface area (Å²) in [6.07, 6.45) is 4.05. The fourth-order valence-electron chi connectivity index (χ4n) is 3.67. The average Bonchev–Trinajstić information content (AvgIpc) is 2.93. The summed E-state index contributed by atoms with van der Waals surface area (Å²) in [5, 5.41) is 3.03. The van der Waals surface area contributed by atoms with E-state index >= 15 is 0 Å². The summed E-state index contributed by atoms with van der Waals surface area (Å²) in [5.41, 5.74) is 0.818. The summed E-state index contributed by atoms with van der Waals surface area (Å²) >= 11 is 1.65. The number of hydrogen-bond donors (Lipinski definition) is 1. The topological polar surface area (TPSA) is 55.9 Å². The van der Waals surface area contributed by atoms with E-state index in [4.69, 9.17) is 0 Å². The van der Waals surface area contributed by atoms with Crippen molar-refractivity contribution in [3.8, 4) is 0 Å². The zero-order valence-electron chi connectivity index (χ0n) is 15.1. The van der Waals surface area contributed by atoms with Gasteiger partial charge in [-0.1, -0.05) is 6.07 Å². The van der Waals surface area contributed by atoms with Crippen LogP contribution in [0.15, 0.2) is 29.2 Å². The Hall–Kier alpha value is -1.89. The molecule has 0 radical (unpaired) electrons. The lowest BCUT2D eigenvalue weighted by Gasteiger charge is -2.36. The molecule has 2 atom stereocenters. The first kappa shape index (κ1) is 17.9. The molecule has 1 aromatic carbocycles. The number of amides is 4. The van der Waals surface area contributed by atoms with E-state index in [2.05, 4.69) is 5.32 Å². The van der Waals surface area contributed by atoms with Crippen LogP contribution in [0.3, 0.4) is 0 Å². The second-order valence-electron chi connectivity index (χ2n) is 6.99. The molecule has 0 spiro atoms. The Bertz CT molecular complexity index is 652. The summed E-state index contributed by atoms with van der Waals surface area (Å²) < 4.78 is 0. The van der Waals surface area contributed by atoms with Crippen LogP contribution in [-0.4, -0.2) is 72.8 Å². The van der Waals surface area contributed by atoms with Crippen LogP contribution >= 0.6 is 11.8 Å². The van der Waals surface area contributed by atoms with Crippen molar-refractivity contribution in [3.05, 3.63) is 24.3 Å². The molecule has 2 bridgehead atoms. The Labute approximate surface area is 153 Å².